The van der Waals surface area contributed by atoms with Crippen LogP contribution in [-0.4, -0.2) is 13.3 Å². The summed E-state index contributed by atoms with van der Waals surface area (Å²) < 4.78 is 5.91. The average molecular weight is 329 g/mol. The SMILES string of the molecule is CNc1ccc2oc3ccc(N=Cc4ccccc4CN)cc3c2c1. The molecule has 0 unspecified atom stereocenters. The monoisotopic (exact) mass is 329 g/mol. The molecule has 25 heavy (non-hydrogen) atoms. The Morgan fingerprint density at radius 1 is 1.00 bits per heavy atom. The van der Waals surface area contributed by atoms with Crippen molar-refractivity contribution in [1.29, 1.82) is 0 Å². The lowest BCUT2D eigenvalue weighted by molar-refractivity contribution is 0.669. The van der Waals surface area contributed by atoms with Crippen molar-refractivity contribution < 1.29 is 4.42 Å². The van der Waals surface area contributed by atoms with Gasteiger partial charge in [0.2, 0.25) is 0 Å². The molecule has 0 radical (unpaired) electrons. The van der Waals surface area contributed by atoms with Crippen LogP contribution in [0.1, 0.15) is 11.1 Å². The third-order valence-electron chi connectivity index (χ3n) is 4.37. The number of furan rings is 1. The summed E-state index contributed by atoms with van der Waals surface area (Å²) in [6, 6.07) is 20.1. The summed E-state index contributed by atoms with van der Waals surface area (Å²) in [6.07, 6.45) is 1.87. The van der Waals surface area contributed by atoms with Gasteiger partial charge in [-0.15, -0.1) is 0 Å². The van der Waals surface area contributed by atoms with Gasteiger partial charge in [0, 0.05) is 36.3 Å². The second kappa shape index (κ2) is 6.42. The lowest BCUT2D eigenvalue weighted by Gasteiger charge is -2.01. The van der Waals surface area contributed by atoms with Gasteiger partial charge in [0.25, 0.3) is 0 Å². The Hall–Kier alpha value is -3.11. The van der Waals surface area contributed by atoms with Crippen LogP contribution in [0.5, 0.6) is 0 Å². The second-order valence-electron chi connectivity index (χ2n) is 5.90. The predicted molar refractivity (Wildman–Crippen MR) is 105 cm³/mol. The number of fused-ring (bicyclic) bond motifs is 3. The van der Waals surface area contributed by atoms with Crippen LogP contribution in [-0.2, 0) is 6.54 Å². The van der Waals surface area contributed by atoms with E-state index >= 15 is 0 Å². The third kappa shape index (κ3) is 2.88. The van der Waals surface area contributed by atoms with Gasteiger partial charge in [0.1, 0.15) is 11.2 Å². The lowest BCUT2D eigenvalue weighted by Crippen LogP contribution is -2.00. The molecule has 4 heteroatoms. The van der Waals surface area contributed by atoms with Crippen molar-refractivity contribution in [1.82, 2.24) is 0 Å². The van der Waals surface area contributed by atoms with Crippen molar-refractivity contribution in [3.63, 3.8) is 0 Å². The number of nitrogens with two attached hydrogens (primary N) is 1. The zero-order chi connectivity index (χ0) is 17.2. The van der Waals surface area contributed by atoms with E-state index in [1.54, 1.807) is 0 Å². The molecule has 3 aromatic carbocycles. The van der Waals surface area contributed by atoms with E-state index in [9.17, 15) is 0 Å². The van der Waals surface area contributed by atoms with Gasteiger partial charge >= 0.3 is 0 Å². The van der Waals surface area contributed by atoms with E-state index < -0.39 is 0 Å². The van der Waals surface area contributed by atoms with Gasteiger partial charge < -0.3 is 15.5 Å². The Bertz CT molecular complexity index is 1080. The first-order chi connectivity index (χ1) is 12.3. The zero-order valence-electron chi connectivity index (χ0n) is 14.0. The summed E-state index contributed by atoms with van der Waals surface area (Å²) in [4.78, 5) is 4.63. The summed E-state index contributed by atoms with van der Waals surface area (Å²) >= 11 is 0. The standard InChI is InChI=1S/C21H19N3O/c1-23-16-6-8-20-18(10-16)19-11-17(7-9-21(19)25-20)24-13-15-5-3-2-4-14(15)12-22/h2-11,13,23H,12,22H2,1H3. The Kier molecular flexibility index (Phi) is 3.96. The van der Waals surface area contributed by atoms with Gasteiger partial charge in [-0.05, 0) is 47.5 Å². The lowest BCUT2D eigenvalue weighted by atomic mass is 10.1. The topological polar surface area (TPSA) is 63.5 Å². The van der Waals surface area contributed by atoms with Gasteiger partial charge in [-0.25, -0.2) is 0 Å². The molecule has 4 rings (SSSR count). The zero-order valence-corrected chi connectivity index (χ0v) is 14.0. The molecule has 0 amide bonds. The van der Waals surface area contributed by atoms with Gasteiger partial charge in [-0.2, -0.15) is 0 Å². The van der Waals surface area contributed by atoms with E-state index in [0.717, 1.165) is 44.4 Å². The quantitative estimate of drug-likeness (QED) is 0.527. The number of nitrogens with one attached hydrogen (secondary N) is 1. The molecule has 0 saturated heterocycles. The molecule has 0 bridgehead atoms. The molecule has 4 nitrogen and oxygen atoms in total. The maximum Gasteiger partial charge on any atom is 0.135 e. The summed E-state index contributed by atoms with van der Waals surface area (Å²) in [5.41, 5.74) is 11.6. The first-order valence-corrected chi connectivity index (χ1v) is 8.24. The number of hydrogen-bond donors (Lipinski definition) is 2. The molecule has 0 aliphatic carbocycles. The summed E-state index contributed by atoms with van der Waals surface area (Å²) in [7, 11) is 1.91. The highest BCUT2D eigenvalue weighted by atomic mass is 16.3. The maximum absolute atomic E-state index is 5.91. The molecular formula is C21H19N3O. The Balaban J connectivity index is 1.77. The van der Waals surface area contributed by atoms with Crippen LogP contribution in [0.25, 0.3) is 21.9 Å². The van der Waals surface area contributed by atoms with Gasteiger partial charge in [0.15, 0.2) is 0 Å². The maximum atomic E-state index is 5.91. The van der Waals surface area contributed by atoms with E-state index in [1.807, 2.05) is 61.8 Å². The fraction of sp³-hybridized carbons (Fsp3) is 0.0952. The summed E-state index contributed by atoms with van der Waals surface area (Å²) in [5, 5.41) is 5.31. The molecule has 0 fully saturated rings. The minimum atomic E-state index is 0.500. The van der Waals surface area contributed by atoms with Crippen LogP contribution in [0.3, 0.4) is 0 Å². The first-order valence-electron chi connectivity index (χ1n) is 8.24. The molecule has 0 spiro atoms. The van der Waals surface area contributed by atoms with Crippen LogP contribution >= 0.6 is 0 Å². The molecule has 0 aliphatic rings. The largest absolute Gasteiger partial charge is 0.456 e. The van der Waals surface area contributed by atoms with Crippen LogP contribution in [0.2, 0.25) is 0 Å². The van der Waals surface area contributed by atoms with Crippen molar-refractivity contribution in [2.45, 2.75) is 6.54 Å². The molecule has 1 heterocycles. The Labute approximate surface area is 146 Å². The minimum absolute atomic E-state index is 0.500. The first kappa shape index (κ1) is 15.4. The van der Waals surface area contributed by atoms with E-state index in [2.05, 4.69) is 22.4 Å². The number of aliphatic imine (C=N–C) groups is 1. The third-order valence-corrected chi connectivity index (χ3v) is 4.37. The summed E-state index contributed by atoms with van der Waals surface area (Å²) in [6.45, 7) is 0.500. The molecule has 3 N–H and O–H groups in total. The molecule has 4 aromatic rings. The second-order valence-corrected chi connectivity index (χ2v) is 5.90. The molecule has 0 saturated carbocycles. The van der Waals surface area contributed by atoms with E-state index in [0.29, 0.717) is 6.54 Å². The molecule has 0 atom stereocenters. The molecule has 1 aromatic heterocycles. The number of anilines is 1. The highest BCUT2D eigenvalue weighted by Crippen LogP contribution is 2.33. The van der Waals surface area contributed by atoms with Crippen molar-refractivity contribution in [3.05, 3.63) is 71.8 Å². The number of hydrogen-bond acceptors (Lipinski definition) is 4. The van der Waals surface area contributed by atoms with Gasteiger partial charge in [-0.3, -0.25) is 4.99 Å². The van der Waals surface area contributed by atoms with E-state index in [4.69, 9.17) is 10.2 Å². The smallest absolute Gasteiger partial charge is 0.135 e. The average Bonchev–Trinajstić information content (AvgIpc) is 3.03. The normalized spacial score (nSPS) is 11.6. The van der Waals surface area contributed by atoms with Crippen LogP contribution in [0.4, 0.5) is 11.4 Å². The fourth-order valence-electron chi connectivity index (χ4n) is 2.99. The number of nitrogens with zero attached hydrogens (tertiary/aromatic N) is 1. The van der Waals surface area contributed by atoms with Crippen LogP contribution in [0.15, 0.2) is 70.1 Å². The van der Waals surface area contributed by atoms with Crippen LogP contribution < -0.4 is 11.1 Å². The predicted octanol–water partition coefficient (Wildman–Crippen LogP) is 4.84. The highest BCUT2D eigenvalue weighted by molar-refractivity contribution is 6.07. The summed E-state index contributed by atoms with van der Waals surface area (Å²) in [5.74, 6) is 0. The molecule has 0 aliphatic heterocycles. The Morgan fingerprint density at radius 3 is 2.56 bits per heavy atom. The highest BCUT2D eigenvalue weighted by Gasteiger charge is 2.08. The fourth-order valence-corrected chi connectivity index (χ4v) is 2.99. The van der Waals surface area contributed by atoms with Gasteiger partial charge in [-0.1, -0.05) is 24.3 Å². The number of rotatable bonds is 4. The van der Waals surface area contributed by atoms with Crippen molar-refractivity contribution in [2.75, 3.05) is 12.4 Å². The van der Waals surface area contributed by atoms with Crippen molar-refractivity contribution >= 4 is 39.5 Å². The van der Waals surface area contributed by atoms with Crippen molar-refractivity contribution in [3.8, 4) is 0 Å². The van der Waals surface area contributed by atoms with E-state index in [1.165, 1.54) is 0 Å². The molecule has 124 valence electrons. The Morgan fingerprint density at radius 2 is 1.76 bits per heavy atom. The van der Waals surface area contributed by atoms with Gasteiger partial charge in [0.05, 0.1) is 5.69 Å². The minimum Gasteiger partial charge on any atom is -0.456 e. The van der Waals surface area contributed by atoms with Crippen molar-refractivity contribution in [2.24, 2.45) is 10.7 Å². The van der Waals surface area contributed by atoms with E-state index in [-0.39, 0.29) is 0 Å². The van der Waals surface area contributed by atoms with Crippen LogP contribution in [0, 0.1) is 0 Å². The number of benzene rings is 3. The molecular weight excluding hydrogens is 310 g/mol.